The summed E-state index contributed by atoms with van der Waals surface area (Å²) in [6.45, 7) is 0.397. The molecule has 144 valence electrons. The fourth-order valence-electron chi connectivity index (χ4n) is 3.10. The molecule has 2 N–H and O–H groups in total. The van der Waals surface area contributed by atoms with Crippen molar-refractivity contribution < 1.29 is 5.21 Å². The van der Waals surface area contributed by atoms with Crippen LogP contribution in [-0.2, 0) is 6.54 Å². The van der Waals surface area contributed by atoms with Crippen LogP contribution in [0.1, 0.15) is 16.7 Å². The molecule has 0 radical (unpaired) electrons. The number of rotatable bonds is 4. The third-order valence-corrected chi connectivity index (χ3v) is 4.57. The highest BCUT2D eigenvalue weighted by Gasteiger charge is 2.10. The van der Waals surface area contributed by atoms with Crippen LogP contribution in [0.2, 0.25) is 0 Å². The first-order valence-corrected chi connectivity index (χ1v) is 8.94. The Bertz CT molecular complexity index is 1360. The second-order valence-electron chi connectivity index (χ2n) is 6.50. The summed E-state index contributed by atoms with van der Waals surface area (Å²) in [7, 11) is 0. The summed E-state index contributed by atoms with van der Waals surface area (Å²) in [5, 5.41) is 31.7. The molecule has 2 aromatic heterocycles. The van der Waals surface area contributed by atoms with Crippen molar-refractivity contribution >= 4 is 16.9 Å². The molecule has 0 saturated carbocycles. The van der Waals surface area contributed by atoms with Crippen LogP contribution in [0.3, 0.4) is 0 Å². The van der Waals surface area contributed by atoms with E-state index in [-0.39, 0.29) is 5.65 Å². The zero-order valence-corrected chi connectivity index (χ0v) is 15.6. The van der Waals surface area contributed by atoms with Gasteiger partial charge in [0.2, 0.25) is 0 Å². The molecule has 4 rings (SSSR count). The minimum absolute atomic E-state index is 0.126. The molecule has 0 saturated heterocycles. The van der Waals surface area contributed by atoms with Gasteiger partial charge in [-0.05, 0) is 47.0 Å². The van der Waals surface area contributed by atoms with Gasteiger partial charge in [0.1, 0.15) is 5.82 Å². The zero-order chi connectivity index (χ0) is 21.1. The molecule has 0 unspecified atom stereocenters. The number of hydrogen-bond acceptors (Lipinski definition) is 7. The largest absolute Gasteiger partial charge is 0.422 e. The fourth-order valence-corrected chi connectivity index (χ4v) is 3.10. The summed E-state index contributed by atoms with van der Waals surface area (Å²) >= 11 is 0. The van der Waals surface area contributed by atoms with Crippen LogP contribution in [0.25, 0.3) is 22.2 Å². The molecule has 0 atom stereocenters. The average Bonchev–Trinajstić information content (AvgIpc) is 2.80. The van der Waals surface area contributed by atoms with Crippen molar-refractivity contribution in [2.45, 2.75) is 6.54 Å². The van der Waals surface area contributed by atoms with Gasteiger partial charge in [-0.25, -0.2) is 9.78 Å². The van der Waals surface area contributed by atoms with E-state index in [1.165, 1.54) is 6.20 Å². The highest BCUT2D eigenvalue weighted by atomic mass is 16.5. The monoisotopic (exact) mass is 394 g/mol. The maximum absolute atomic E-state index is 11.8. The first-order valence-electron chi connectivity index (χ1n) is 8.94. The Balaban J connectivity index is 1.58. The van der Waals surface area contributed by atoms with Crippen LogP contribution in [0.5, 0.6) is 0 Å². The quantitative estimate of drug-likeness (QED) is 0.509. The Morgan fingerprint density at radius 3 is 2.37 bits per heavy atom. The third-order valence-electron chi connectivity index (χ3n) is 4.57. The van der Waals surface area contributed by atoms with Gasteiger partial charge in [-0.3, -0.25) is 0 Å². The van der Waals surface area contributed by atoms with E-state index < -0.39 is 5.69 Å². The van der Waals surface area contributed by atoms with Crippen LogP contribution in [0.4, 0.5) is 5.82 Å². The number of benzene rings is 2. The molecule has 0 aliphatic heterocycles. The lowest BCUT2D eigenvalue weighted by Crippen LogP contribution is -2.23. The molecular formula is C22H14N6O2. The molecule has 8 heteroatoms. The predicted octanol–water partition coefficient (Wildman–Crippen LogP) is 3.05. The highest BCUT2D eigenvalue weighted by molar-refractivity contribution is 5.86. The van der Waals surface area contributed by atoms with Gasteiger partial charge in [0.15, 0.2) is 5.65 Å². The number of anilines is 1. The molecule has 8 nitrogen and oxygen atoms in total. The van der Waals surface area contributed by atoms with Gasteiger partial charge in [-0.2, -0.15) is 15.5 Å². The molecule has 0 aliphatic rings. The molecule has 0 aliphatic carbocycles. The minimum atomic E-state index is -0.815. The van der Waals surface area contributed by atoms with Gasteiger partial charge in [0.25, 0.3) is 0 Å². The van der Waals surface area contributed by atoms with E-state index in [0.717, 1.165) is 16.7 Å². The molecule has 30 heavy (non-hydrogen) atoms. The van der Waals surface area contributed by atoms with Crippen LogP contribution < -0.4 is 11.0 Å². The number of nitrogens with zero attached hydrogens (tertiary/aromatic N) is 5. The Kier molecular flexibility index (Phi) is 4.82. The van der Waals surface area contributed by atoms with E-state index in [1.807, 2.05) is 24.3 Å². The fraction of sp³-hybridized carbons (Fsp3) is 0.0455. The molecular weight excluding hydrogens is 380 g/mol. The summed E-state index contributed by atoms with van der Waals surface area (Å²) in [4.78, 5) is 19.7. The molecule has 0 fully saturated rings. The van der Waals surface area contributed by atoms with Crippen molar-refractivity contribution in [3.05, 3.63) is 88.0 Å². The van der Waals surface area contributed by atoms with E-state index in [9.17, 15) is 10.0 Å². The van der Waals surface area contributed by atoms with Gasteiger partial charge in [0.05, 0.1) is 28.7 Å². The van der Waals surface area contributed by atoms with E-state index in [1.54, 1.807) is 30.3 Å². The summed E-state index contributed by atoms with van der Waals surface area (Å²) in [5.41, 5.74) is 2.77. The summed E-state index contributed by atoms with van der Waals surface area (Å²) in [6.07, 6.45) is 1.48. The lowest BCUT2D eigenvalue weighted by molar-refractivity contribution is 0.182. The number of fused-ring (bicyclic) bond motifs is 1. The maximum atomic E-state index is 11.8. The van der Waals surface area contributed by atoms with Crippen LogP contribution in [0, 0.1) is 22.7 Å². The van der Waals surface area contributed by atoms with Crippen molar-refractivity contribution in [2.24, 2.45) is 0 Å². The van der Waals surface area contributed by atoms with Crippen molar-refractivity contribution in [3.63, 3.8) is 0 Å². The second-order valence-corrected chi connectivity index (χ2v) is 6.50. The second kappa shape index (κ2) is 7.74. The van der Waals surface area contributed by atoms with Crippen molar-refractivity contribution in [3.8, 4) is 23.3 Å². The number of nitrogens with one attached hydrogen (secondary N) is 1. The number of pyridine rings is 1. The van der Waals surface area contributed by atoms with E-state index >= 15 is 0 Å². The smallest absolute Gasteiger partial charge is 0.384 e. The topological polar surface area (TPSA) is 128 Å². The third kappa shape index (κ3) is 3.53. The first-order chi connectivity index (χ1) is 14.6. The Labute approximate surface area is 170 Å². The van der Waals surface area contributed by atoms with Gasteiger partial charge >= 0.3 is 5.69 Å². The van der Waals surface area contributed by atoms with Gasteiger partial charge < -0.3 is 10.5 Å². The number of nitriles is 2. The molecule has 2 heterocycles. The van der Waals surface area contributed by atoms with Crippen LogP contribution >= 0.6 is 0 Å². The Hall–Kier alpha value is -4.69. The van der Waals surface area contributed by atoms with Gasteiger partial charge in [0, 0.05) is 12.7 Å². The van der Waals surface area contributed by atoms with E-state index in [0.29, 0.717) is 33.6 Å². The van der Waals surface area contributed by atoms with Crippen LogP contribution in [0.15, 0.2) is 65.6 Å². The highest BCUT2D eigenvalue weighted by Crippen LogP contribution is 2.23. The Morgan fingerprint density at radius 2 is 1.70 bits per heavy atom. The van der Waals surface area contributed by atoms with E-state index in [2.05, 4.69) is 27.4 Å². The number of hydrogen-bond donors (Lipinski definition) is 2. The van der Waals surface area contributed by atoms with E-state index in [4.69, 9.17) is 10.5 Å². The lowest BCUT2D eigenvalue weighted by Gasteiger charge is -2.10. The van der Waals surface area contributed by atoms with Gasteiger partial charge in [-0.1, -0.05) is 24.3 Å². The maximum Gasteiger partial charge on any atom is 0.384 e. The zero-order valence-electron chi connectivity index (χ0n) is 15.6. The SMILES string of the molecule is N#Cc1cc(C#N)cc(-c2ccc(CNc3nc(=O)n(O)c4ncccc34)cc2)c1. The number of aromatic nitrogens is 3. The lowest BCUT2D eigenvalue weighted by atomic mass is 9.99. The van der Waals surface area contributed by atoms with Crippen molar-refractivity contribution in [2.75, 3.05) is 5.32 Å². The summed E-state index contributed by atoms with van der Waals surface area (Å²) < 4.78 is 0.417. The average molecular weight is 394 g/mol. The normalized spacial score (nSPS) is 10.3. The first kappa shape index (κ1) is 18.7. The summed E-state index contributed by atoms with van der Waals surface area (Å²) in [6, 6.07) is 20.2. The predicted molar refractivity (Wildman–Crippen MR) is 110 cm³/mol. The minimum Gasteiger partial charge on any atom is -0.422 e. The van der Waals surface area contributed by atoms with Crippen molar-refractivity contribution in [1.82, 2.24) is 14.7 Å². The molecule has 2 aromatic carbocycles. The van der Waals surface area contributed by atoms with Crippen molar-refractivity contribution in [1.29, 1.82) is 10.5 Å². The Morgan fingerprint density at radius 1 is 1.00 bits per heavy atom. The van der Waals surface area contributed by atoms with Crippen LogP contribution in [-0.4, -0.2) is 19.9 Å². The standard InChI is InChI=1S/C22H14N6O2/c23-11-15-8-16(12-24)10-18(9-15)17-5-3-14(4-6-17)13-26-20-19-2-1-7-25-21(19)28(30)22(29)27-20/h1-10,30H,13H2,(H,26,27,29). The molecule has 0 bridgehead atoms. The molecule has 0 amide bonds. The molecule has 0 spiro atoms. The molecule has 4 aromatic rings. The van der Waals surface area contributed by atoms with Gasteiger partial charge in [-0.15, -0.1) is 4.73 Å². The summed E-state index contributed by atoms with van der Waals surface area (Å²) in [5.74, 6) is 0.331.